The standard InChI is InChI=1S/C21H23N5O2/c22-23-19-9-5-4-8-17(19)12-21(27)25-10-11-26-18(14-25)13-20(24-26)28-15-16-6-2-1-3-7-16/h1-9,13,23H,10-12,14-15,22H2. The van der Waals surface area contributed by atoms with Crippen molar-refractivity contribution >= 4 is 11.6 Å². The van der Waals surface area contributed by atoms with Crippen molar-refractivity contribution in [2.45, 2.75) is 26.1 Å². The smallest absolute Gasteiger partial charge is 0.233 e. The first-order valence-electron chi connectivity index (χ1n) is 9.28. The lowest BCUT2D eigenvalue weighted by atomic mass is 10.1. The summed E-state index contributed by atoms with van der Waals surface area (Å²) in [7, 11) is 0. The number of hydrazine groups is 1. The molecule has 0 fully saturated rings. The van der Waals surface area contributed by atoms with Gasteiger partial charge >= 0.3 is 0 Å². The van der Waals surface area contributed by atoms with Gasteiger partial charge in [-0.15, -0.1) is 5.10 Å². The second-order valence-corrected chi connectivity index (χ2v) is 6.76. The zero-order chi connectivity index (χ0) is 19.3. The van der Waals surface area contributed by atoms with E-state index in [1.54, 1.807) is 0 Å². The molecular formula is C21H23N5O2. The number of nitrogen functional groups attached to an aromatic ring is 1. The maximum Gasteiger partial charge on any atom is 0.233 e. The van der Waals surface area contributed by atoms with E-state index in [-0.39, 0.29) is 5.91 Å². The van der Waals surface area contributed by atoms with Crippen LogP contribution in [0.4, 0.5) is 5.69 Å². The average Bonchev–Trinajstić information content (AvgIpc) is 3.15. The van der Waals surface area contributed by atoms with Gasteiger partial charge in [-0.2, -0.15) is 0 Å². The fourth-order valence-corrected chi connectivity index (χ4v) is 3.34. The minimum absolute atomic E-state index is 0.0712. The number of nitrogens with two attached hydrogens (primary N) is 1. The summed E-state index contributed by atoms with van der Waals surface area (Å²) >= 11 is 0. The minimum Gasteiger partial charge on any atom is -0.472 e. The van der Waals surface area contributed by atoms with Crippen LogP contribution in [0.5, 0.6) is 5.88 Å². The van der Waals surface area contributed by atoms with Crippen molar-refractivity contribution in [3.63, 3.8) is 0 Å². The normalized spacial score (nSPS) is 13.1. The highest BCUT2D eigenvalue weighted by Crippen LogP contribution is 2.21. The lowest BCUT2D eigenvalue weighted by molar-refractivity contribution is -0.131. The largest absolute Gasteiger partial charge is 0.472 e. The Morgan fingerprint density at radius 1 is 1.11 bits per heavy atom. The molecule has 1 aliphatic rings. The number of rotatable bonds is 6. The van der Waals surface area contributed by atoms with E-state index in [1.807, 2.05) is 70.2 Å². The van der Waals surface area contributed by atoms with Crippen LogP contribution in [0, 0.1) is 0 Å². The van der Waals surface area contributed by atoms with Crippen molar-refractivity contribution in [2.75, 3.05) is 12.0 Å². The summed E-state index contributed by atoms with van der Waals surface area (Å²) in [6.45, 7) is 2.29. The van der Waals surface area contributed by atoms with Gasteiger partial charge in [-0.1, -0.05) is 48.5 Å². The van der Waals surface area contributed by atoms with E-state index in [0.29, 0.717) is 38.5 Å². The summed E-state index contributed by atoms with van der Waals surface area (Å²) in [6.07, 6.45) is 0.311. The van der Waals surface area contributed by atoms with E-state index in [0.717, 1.165) is 22.5 Å². The number of hydrogen-bond acceptors (Lipinski definition) is 5. The van der Waals surface area contributed by atoms with Crippen LogP contribution in [-0.2, 0) is 30.9 Å². The molecule has 0 atom stereocenters. The van der Waals surface area contributed by atoms with Gasteiger partial charge in [-0.05, 0) is 17.2 Å². The Morgan fingerprint density at radius 3 is 2.71 bits per heavy atom. The fourth-order valence-electron chi connectivity index (χ4n) is 3.34. The predicted octanol–water partition coefficient (Wildman–Crippen LogP) is 2.33. The molecular weight excluding hydrogens is 354 g/mol. The molecule has 0 radical (unpaired) electrons. The number of para-hydroxylation sites is 1. The van der Waals surface area contributed by atoms with Crippen molar-refractivity contribution < 1.29 is 9.53 Å². The summed E-state index contributed by atoms with van der Waals surface area (Å²) in [4.78, 5) is 14.6. The molecule has 3 aromatic rings. The van der Waals surface area contributed by atoms with Crippen LogP contribution in [0.25, 0.3) is 0 Å². The van der Waals surface area contributed by atoms with Gasteiger partial charge in [0, 0.05) is 12.6 Å². The number of benzene rings is 2. The Kier molecular flexibility index (Phi) is 5.25. The van der Waals surface area contributed by atoms with Gasteiger partial charge in [0.1, 0.15) is 6.61 Å². The molecule has 28 heavy (non-hydrogen) atoms. The Balaban J connectivity index is 1.39. The van der Waals surface area contributed by atoms with Gasteiger partial charge in [0.25, 0.3) is 0 Å². The third-order valence-corrected chi connectivity index (χ3v) is 4.87. The van der Waals surface area contributed by atoms with Gasteiger partial charge in [0.05, 0.1) is 30.9 Å². The van der Waals surface area contributed by atoms with Crippen LogP contribution >= 0.6 is 0 Å². The van der Waals surface area contributed by atoms with E-state index >= 15 is 0 Å². The number of carbonyl (C=O) groups excluding carboxylic acids is 1. The van der Waals surface area contributed by atoms with Gasteiger partial charge in [-0.25, -0.2) is 0 Å². The molecule has 0 saturated heterocycles. The SMILES string of the molecule is NNc1ccccc1CC(=O)N1CCn2nc(OCc3ccccc3)cc2C1. The molecule has 0 unspecified atom stereocenters. The Hall–Kier alpha value is -3.32. The zero-order valence-electron chi connectivity index (χ0n) is 15.5. The molecule has 2 aromatic carbocycles. The molecule has 0 saturated carbocycles. The Bertz CT molecular complexity index is 954. The van der Waals surface area contributed by atoms with Crippen LogP contribution in [0.1, 0.15) is 16.8 Å². The molecule has 1 aromatic heterocycles. The van der Waals surface area contributed by atoms with Crippen LogP contribution in [0.3, 0.4) is 0 Å². The first-order chi connectivity index (χ1) is 13.7. The lowest BCUT2D eigenvalue weighted by Crippen LogP contribution is -2.39. The van der Waals surface area contributed by atoms with Gasteiger partial charge in [0.15, 0.2) is 0 Å². The monoisotopic (exact) mass is 377 g/mol. The molecule has 3 N–H and O–H groups in total. The molecule has 7 heteroatoms. The maximum atomic E-state index is 12.8. The summed E-state index contributed by atoms with van der Waals surface area (Å²) < 4.78 is 7.73. The van der Waals surface area contributed by atoms with E-state index in [2.05, 4.69) is 10.5 Å². The van der Waals surface area contributed by atoms with E-state index < -0.39 is 0 Å². The number of aromatic nitrogens is 2. The van der Waals surface area contributed by atoms with Crippen molar-refractivity contribution in [1.29, 1.82) is 0 Å². The summed E-state index contributed by atoms with van der Waals surface area (Å²) in [5.74, 6) is 6.20. The minimum atomic E-state index is 0.0712. The summed E-state index contributed by atoms with van der Waals surface area (Å²) in [6, 6.07) is 19.5. The molecule has 1 aliphatic heterocycles. The second-order valence-electron chi connectivity index (χ2n) is 6.76. The molecule has 7 nitrogen and oxygen atoms in total. The number of ether oxygens (including phenoxy) is 1. The molecule has 0 aliphatic carbocycles. The highest BCUT2D eigenvalue weighted by atomic mass is 16.5. The van der Waals surface area contributed by atoms with Crippen molar-refractivity contribution in [3.8, 4) is 5.88 Å². The molecule has 144 valence electrons. The topological polar surface area (TPSA) is 85.4 Å². The summed E-state index contributed by atoms with van der Waals surface area (Å²) in [5, 5.41) is 4.50. The number of hydrogen-bond donors (Lipinski definition) is 2. The van der Waals surface area contributed by atoms with Gasteiger partial charge < -0.3 is 15.1 Å². The van der Waals surface area contributed by atoms with Crippen LogP contribution < -0.4 is 16.0 Å². The van der Waals surface area contributed by atoms with E-state index in [4.69, 9.17) is 10.6 Å². The number of nitrogens with zero attached hydrogens (tertiary/aromatic N) is 3. The van der Waals surface area contributed by atoms with Gasteiger partial charge in [-0.3, -0.25) is 15.3 Å². The number of amides is 1. The highest BCUT2D eigenvalue weighted by Gasteiger charge is 2.23. The molecule has 4 rings (SSSR count). The van der Waals surface area contributed by atoms with Crippen molar-refractivity contribution in [1.82, 2.24) is 14.7 Å². The number of carbonyl (C=O) groups is 1. The third-order valence-electron chi connectivity index (χ3n) is 4.87. The third kappa shape index (κ3) is 3.99. The van der Waals surface area contributed by atoms with Crippen LogP contribution in [-0.4, -0.2) is 27.1 Å². The Labute approximate surface area is 163 Å². The van der Waals surface area contributed by atoms with Gasteiger partial charge in [0.2, 0.25) is 11.8 Å². The average molecular weight is 377 g/mol. The molecule has 0 spiro atoms. The van der Waals surface area contributed by atoms with Crippen LogP contribution in [0.2, 0.25) is 0 Å². The Morgan fingerprint density at radius 2 is 1.89 bits per heavy atom. The van der Waals surface area contributed by atoms with Crippen molar-refractivity contribution in [3.05, 3.63) is 77.5 Å². The quantitative estimate of drug-likeness (QED) is 0.509. The number of nitrogens with one attached hydrogen (secondary N) is 1. The molecule has 0 bridgehead atoms. The molecule has 1 amide bonds. The predicted molar refractivity (Wildman–Crippen MR) is 106 cm³/mol. The first kappa shape index (κ1) is 18.1. The first-order valence-corrected chi connectivity index (χ1v) is 9.28. The zero-order valence-corrected chi connectivity index (χ0v) is 15.5. The lowest BCUT2D eigenvalue weighted by Gasteiger charge is -2.27. The summed E-state index contributed by atoms with van der Waals surface area (Å²) in [5.41, 5.74) is 6.39. The second kappa shape index (κ2) is 8.14. The fraction of sp³-hybridized carbons (Fsp3) is 0.238. The van der Waals surface area contributed by atoms with E-state index in [1.165, 1.54) is 0 Å². The van der Waals surface area contributed by atoms with Crippen LogP contribution in [0.15, 0.2) is 60.7 Å². The molecule has 2 heterocycles. The number of fused-ring (bicyclic) bond motifs is 1. The highest BCUT2D eigenvalue weighted by molar-refractivity contribution is 5.80. The maximum absolute atomic E-state index is 12.8. The van der Waals surface area contributed by atoms with Crippen molar-refractivity contribution in [2.24, 2.45) is 5.84 Å². The van der Waals surface area contributed by atoms with E-state index in [9.17, 15) is 4.79 Å². The number of anilines is 1.